The summed E-state index contributed by atoms with van der Waals surface area (Å²) >= 11 is 8.89. The molecule has 0 aromatic heterocycles. The average Bonchev–Trinajstić information content (AvgIpc) is 2.45. The summed E-state index contributed by atoms with van der Waals surface area (Å²) in [6.07, 6.45) is 0.525. The molecule has 0 aliphatic rings. The number of hydrogen-bond donors (Lipinski definition) is 2. The van der Waals surface area contributed by atoms with E-state index in [-0.39, 0.29) is 10.5 Å². The molecule has 2 aromatic carbocycles. The number of benzene rings is 2. The Balaban J connectivity index is 2.29. The van der Waals surface area contributed by atoms with E-state index in [4.69, 9.17) is 17.4 Å². The first-order valence-corrected chi connectivity index (χ1v) is 7.04. The summed E-state index contributed by atoms with van der Waals surface area (Å²) in [6, 6.07) is 9.50. The lowest BCUT2D eigenvalue weighted by molar-refractivity contribution is 0.491. The van der Waals surface area contributed by atoms with Crippen LogP contribution in [0.3, 0.4) is 0 Å². The second-order valence-corrected chi connectivity index (χ2v) is 5.54. The van der Waals surface area contributed by atoms with Crippen LogP contribution in [0.1, 0.15) is 17.2 Å². The third-order valence-corrected chi connectivity index (χ3v) is 4.05. The fourth-order valence-corrected chi connectivity index (χ4v) is 2.65. The van der Waals surface area contributed by atoms with Crippen molar-refractivity contribution in [2.45, 2.75) is 12.5 Å². The Hall–Kier alpha value is -1.01. The van der Waals surface area contributed by atoms with Gasteiger partial charge in [0.05, 0.1) is 10.5 Å². The summed E-state index contributed by atoms with van der Waals surface area (Å²) in [5.41, 5.74) is 4.15. The van der Waals surface area contributed by atoms with Crippen molar-refractivity contribution in [3.63, 3.8) is 0 Å². The molecule has 0 spiro atoms. The van der Waals surface area contributed by atoms with E-state index in [1.54, 1.807) is 12.1 Å². The number of halogens is 4. The number of nitrogens with one attached hydrogen (secondary N) is 1. The van der Waals surface area contributed by atoms with Crippen LogP contribution >= 0.6 is 27.5 Å². The molecule has 1 unspecified atom stereocenters. The van der Waals surface area contributed by atoms with Gasteiger partial charge >= 0.3 is 0 Å². The van der Waals surface area contributed by atoms with E-state index in [1.165, 1.54) is 6.07 Å². The van der Waals surface area contributed by atoms with Crippen molar-refractivity contribution in [1.82, 2.24) is 5.43 Å². The molecule has 20 heavy (non-hydrogen) atoms. The van der Waals surface area contributed by atoms with E-state index < -0.39 is 11.6 Å². The van der Waals surface area contributed by atoms with Gasteiger partial charge in [-0.1, -0.05) is 29.8 Å². The highest BCUT2D eigenvalue weighted by Gasteiger charge is 2.18. The standard InChI is InChI=1S/C14H12BrClF2N2/c15-13-10(5-6-11(17)14(13)18)12(20-19)7-8-1-3-9(16)4-2-8/h1-6,12,20H,7,19H2. The highest BCUT2D eigenvalue weighted by molar-refractivity contribution is 9.10. The first-order valence-electron chi connectivity index (χ1n) is 5.87. The molecule has 0 saturated heterocycles. The zero-order chi connectivity index (χ0) is 14.7. The molecule has 0 heterocycles. The molecule has 1 atom stereocenters. The van der Waals surface area contributed by atoms with Crippen molar-refractivity contribution in [3.8, 4) is 0 Å². The SMILES string of the molecule is NNC(Cc1ccc(Cl)cc1)c1ccc(F)c(F)c1Br. The van der Waals surface area contributed by atoms with Crippen molar-refractivity contribution in [2.75, 3.05) is 0 Å². The molecule has 0 saturated carbocycles. The van der Waals surface area contributed by atoms with Crippen LogP contribution in [0.2, 0.25) is 5.02 Å². The largest absolute Gasteiger partial charge is 0.271 e. The van der Waals surface area contributed by atoms with Crippen LogP contribution in [0.5, 0.6) is 0 Å². The van der Waals surface area contributed by atoms with Gasteiger partial charge < -0.3 is 0 Å². The summed E-state index contributed by atoms with van der Waals surface area (Å²) in [7, 11) is 0. The predicted octanol–water partition coefficient (Wildman–Crippen LogP) is 4.13. The predicted molar refractivity (Wildman–Crippen MR) is 79.3 cm³/mol. The smallest absolute Gasteiger partial charge is 0.173 e. The lowest BCUT2D eigenvalue weighted by Crippen LogP contribution is -2.30. The molecule has 0 radical (unpaired) electrons. The maximum Gasteiger partial charge on any atom is 0.173 e. The van der Waals surface area contributed by atoms with E-state index >= 15 is 0 Å². The summed E-state index contributed by atoms with van der Waals surface area (Å²) < 4.78 is 26.8. The van der Waals surface area contributed by atoms with Gasteiger partial charge in [-0.3, -0.25) is 11.3 Å². The fraction of sp³-hybridized carbons (Fsp3) is 0.143. The van der Waals surface area contributed by atoms with E-state index in [2.05, 4.69) is 21.4 Å². The fourth-order valence-electron chi connectivity index (χ4n) is 1.92. The van der Waals surface area contributed by atoms with Gasteiger partial charge in [-0.25, -0.2) is 8.78 Å². The third-order valence-electron chi connectivity index (χ3n) is 2.99. The van der Waals surface area contributed by atoms with Crippen molar-refractivity contribution in [3.05, 3.63) is 68.7 Å². The Kier molecular flexibility index (Phi) is 5.10. The van der Waals surface area contributed by atoms with Crippen LogP contribution < -0.4 is 11.3 Å². The van der Waals surface area contributed by atoms with E-state index in [0.717, 1.165) is 11.6 Å². The maximum absolute atomic E-state index is 13.6. The first kappa shape index (κ1) is 15.4. The van der Waals surface area contributed by atoms with Crippen LogP contribution in [0.25, 0.3) is 0 Å². The van der Waals surface area contributed by atoms with Gasteiger partial charge in [0.2, 0.25) is 0 Å². The third kappa shape index (κ3) is 3.35. The second kappa shape index (κ2) is 6.63. The van der Waals surface area contributed by atoms with E-state index in [0.29, 0.717) is 17.0 Å². The van der Waals surface area contributed by atoms with Crippen LogP contribution in [0.4, 0.5) is 8.78 Å². The number of rotatable bonds is 4. The van der Waals surface area contributed by atoms with E-state index in [1.807, 2.05) is 12.1 Å². The summed E-state index contributed by atoms with van der Waals surface area (Å²) in [6.45, 7) is 0. The van der Waals surface area contributed by atoms with Gasteiger partial charge in [-0.05, 0) is 51.7 Å². The molecular weight excluding hydrogens is 350 g/mol. The molecule has 2 rings (SSSR count). The molecular formula is C14H12BrClF2N2. The number of nitrogens with two attached hydrogens (primary N) is 1. The number of hydrogen-bond acceptors (Lipinski definition) is 2. The Labute approximate surface area is 129 Å². The minimum absolute atomic E-state index is 0.0782. The van der Waals surface area contributed by atoms with Crippen LogP contribution in [0.15, 0.2) is 40.9 Å². The van der Waals surface area contributed by atoms with Crippen molar-refractivity contribution >= 4 is 27.5 Å². The molecule has 0 aliphatic carbocycles. The molecule has 3 N–H and O–H groups in total. The first-order chi connectivity index (χ1) is 9.52. The summed E-state index contributed by atoms with van der Waals surface area (Å²) in [4.78, 5) is 0. The van der Waals surface area contributed by atoms with Crippen molar-refractivity contribution in [2.24, 2.45) is 5.84 Å². The van der Waals surface area contributed by atoms with Crippen molar-refractivity contribution in [1.29, 1.82) is 0 Å². The zero-order valence-corrected chi connectivity index (χ0v) is 12.7. The Morgan fingerprint density at radius 3 is 2.40 bits per heavy atom. The Morgan fingerprint density at radius 2 is 1.80 bits per heavy atom. The van der Waals surface area contributed by atoms with Crippen molar-refractivity contribution < 1.29 is 8.78 Å². The normalized spacial score (nSPS) is 12.4. The molecule has 0 amide bonds. The highest BCUT2D eigenvalue weighted by atomic mass is 79.9. The van der Waals surface area contributed by atoms with Crippen LogP contribution in [0, 0.1) is 11.6 Å². The zero-order valence-electron chi connectivity index (χ0n) is 10.3. The molecule has 6 heteroatoms. The van der Waals surface area contributed by atoms with Gasteiger partial charge in [0, 0.05) is 5.02 Å². The summed E-state index contributed by atoms with van der Waals surface area (Å²) in [5, 5.41) is 0.639. The quantitative estimate of drug-likeness (QED) is 0.488. The minimum Gasteiger partial charge on any atom is -0.271 e. The average molecular weight is 362 g/mol. The van der Waals surface area contributed by atoms with Gasteiger partial charge in [0.25, 0.3) is 0 Å². The maximum atomic E-state index is 13.6. The van der Waals surface area contributed by atoms with Crippen LogP contribution in [-0.2, 0) is 6.42 Å². The Morgan fingerprint density at radius 1 is 1.15 bits per heavy atom. The van der Waals surface area contributed by atoms with Gasteiger partial charge in [-0.15, -0.1) is 0 Å². The van der Waals surface area contributed by atoms with Gasteiger partial charge in [0.1, 0.15) is 0 Å². The topological polar surface area (TPSA) is 38.0 Å². The lowest BCUT2D eigenvalue weighted by atomic mass is 9.99. The second-order valence-electron chi connectivity index (χ2n) is 4.31. The molecule has 0 fully saturated rings. The molecule has 0 bridgehead atoms. The molecule has 2 aromatic rings. The highest BCUT2D eigenvalue weighted by Crippen LogP contribution is 2.29. The Bertz CT molecular complexity index is 605. The molecule has 0 aliphatic heterocycles. The monoisotopic (exact) mass is 360 g/mol. The van der Waals surface area contributed by atoms with Gasteiger partial charge in [0.15, 0.2) is 11.6 Å². The van der Waals surface area contributed by atoms with E-state index in [9.17, 15) is 8.78 Å². The minimum atomic E-state index is -0.918. The van der Waals surface area contributed by atoms with Crippen LogP contribution in [-0.4, -0.2) is 0 Å². The van der Waals surface area contributed by atoms with Gasteiger partial charge in [-0.2, -0.15) is 0 Å². The molecule has 2 nitrogen and oxygen atoms in total. The summed E-state index contributed by atoms with van der Waals surface area (Å²) in [5.74, 6) is 3.71. The number of hydrazine groups is 1. The lowest BCUT2D eigenvalue weighted by Gasteiger charge is -2.18. The molecule has 106 valence electrons.